The minimum Gasteiger partial charge on any atom is -0.481 e. The molecule has 0 aliphatic heterocycles. The Morgan fingerprint density at radius 2 is 1.85 bits per heavy atom. The van der Waals surface area contributed by atoms with Gasteiger partial charge in [-0.25, -0.2) is 4.79 Å². The van der Waals surface area contributed by atoms with E-state index in [4.69, 9.17) is 9.84 Å². The Balaban J connectivity index is 0.000000511. The van der Waals surface area contributed by atoms with Gasteiger partial charge >= 0.3 is 12.1 Å². The summed E-state index contributed by atoms with van der Waals surface area (Å²) in [7, 11) is 0. The van der Waals surface area contributed by atoms with Gasteiger partial charge < -0.3 is 15.2 Å². The molecule has 0 aromatic heterocycles. The van der Waals surface area contributed by atoms with Crippen molar-refractivity contribution in [3.05, 3.63) is 0 Å². The van der Waals surface area contributed by atoms with Gasteiger partial charge in [0.05, 0.1) is 6.10 Å². The molecule has 0 unspecified atom stereocenters. The second kappa shape index (κ2) is 11.6. The van der Waals surface area contributed by atoms with Gasteiger partial charge in [0, 0.05) is 13.0 Å². The first-order valence-corrected chi connectivity index (χ1v) is 7.62. The fraction of sp³-hybridized carbons (Fsp3) is 0.867. The van der Waals surface area contributed by atoms with Crippen LogP contribution in [-0.4, -0.2) is 29.8 Å². The van der Waals surface area contributed by atoms with E-state index in [-0.39, 0.29) is 12.2 Å². The molecule has 1 rings (SSSR count). The van der Waals surface area contributed by atoms with Crippen LogP contribution >= 0.6 is 0 Å². The lowest BCUT2D eigenvalue weighted by Crippen LogP contribution is -2.32. The first kappa shape index (κ1) is 18.7. The average Bonchev–Trinajstić information content (AvgIpc) is 2.37. The highest BCUT2D eigenvalue weighted by Gasteiger charge is 2.14. The van der Waals surface area contributed by atoms with E-state index in [9.17, 15) is 9.59 Å². The van der Waals surface area contributed by atoms with Crippen molar-refractivity contribution in [1.29, 1.82) is 0 Å². The topological polar surface area (TPSA) is 75.6 Å². The summed E-state index contributed by atoms with van der Waals surface area (Å²) in [6.07, 6.45) is 7.20. The Labute approximate surface area is 122 Å². The molecule has 20 heavy (non-hydrogen) atoms. The van der Waals surface area contributed by atoms with E-state index in [2.05, 4.69) is 5.32 Å². The molecule has 1 aliphatic carbocycles. The molecule has 0 radical (unpaired) electrons. The number of carbonyl (C=O) groups excluding carboxylic acids is 1. The maximum Gasteiger partial charge on any atom is 0.407 e. The second-order valence-electron chi connectivity index (χ2n) is 5.48. The number of carboxylic acids is 1. The number of carboxylic acid groups (broad SMARTS) is 1. The molecule has 1 aliphatic rings. The molecule has 0 bridgehead atoms. The molecule has 0 aromatic carbocycles. The summed E-state index contributed by atoms with van der Waals surface area (Å²) in [5.74, 6) is -0.0408. The van der Waals surface area contributed by atoms with Crippen LogP contribution < -0.4 is 5.32 Å². The minimum atomic E-state index is -0.711. The van der Waals surface area contributed by atoms with Gasteiger partial charge in [0.1, 0.15) is 0 Å². The highest BCUT2D eigenvalue weighted by molar-refractivity contribution is 5.67. The summed E-state index contributed by atoms with van der Waals surface area (Å²) in [6, 6.07) is 0. The van der Waals surface area contributed by atoms with Crippen LogP contribution in [0.4, 0.5) is 4.79 Å². The van der Waals surface area contributed by atoms with Crippen LogP contribution in [0.5, 0.6) is 0 Å². The number of nitrogens with one attached hydrogen (secondary N) is 1. The quantitative estimate of drug-likeness (QED) is 0.810. The van der Waals surface area contributed by atoms with Gasteiger partial charge in [0.15, 0.2) is 0 Å². The van der Waals surface area contributed by atoms with E-state index in [0.717, 1.165) is 13.0 Å². The number of alkyl carbamates (subject to hydrolysis) is 1. The number of aliphatic carboxylic acids is 1. The third-order valence-corrected chi connectivity index (χ3v) is 3.07. The lowest BCUT2D eigenvalue weighted by Gasteiger charge is -2.21. The first-order valence-electron chi connectivity index (χ1n) is 7.62. The SMILES string of the molecule is CC(C)OC(=O)NCC1CCCCC1.CCCC(=O)O. The van der Waals surface area contributed by atoms with Crippen molar-refractivity contribution in [3.8, 4) is 0 Å². The zero-order valence-electron chi connectivity index (χ0n) is 13.0. The number of rotatable bonds is 5. The van der Waals surface area contributed by atoms with E-state index in [1.54, 1.807) is 0 Å². The van der Waals surface area contributed by atoms with Crippen LogP contribution in [0.3, 0.4) is 0 Å². The van der Waals surface area contributed by atoms with Crippen molar-refractivity contribution in [2.75, 3.05) is 6.54 Å². The molecule has 5 heteroatoms. The maximum absolute atomic E-state index is 11.2. The van der Waals surface area contributed by atoms with Gasteiger partial charge in [-0.1, -0.05) is 26.2 Å². The zero-order chi connectivity index (χ0) is 15.4. The molecular weight excluding hydrogens is 258 g/mol. The molecule has 0 aromatic rings. The summed E-state index contributed by atoms with van der Waals surface area (Å²) in [5, 5.41) is 10.7. The fourth-order valence-corrected chi connectivity index (χ4v) is 2.09. The number of hydrogen-bond donors (Lipinski definition) is 2. The van der Waals surface area contributed by atoms with Crippen LogP contribution in [0, 0.1) is 5.92 Å². The number of carbonyl (C=O) groups is 2. The third-order valence-electron chi connectivity index (χ3n) is 3.07. The van der Waals surface area contributed by atoms with Gasteiger partial charge in [0.2, 0.25) is 0 Å². The predicted octanol–water partition coefficient (Wildman–Crippen LogP) is 3.57. The molecule has 0 heterocycles. The van der Waals surface area contributed by atoms with Crippen LogP contribution in [0.1, 0.15) is 65.7 Å². The lowest BCUT2D eigenvalue weighted by molar-refractivity contribution is -0.137. The molecule has 5 nitrogen and oxygen atoms in total. The fourth-order valence-electron chi connectivity index (χ4n) is 2.09. The van der Waals surface area contributed by atoms with Crippen LogP contribution in [0.15, 0.2) is 0 Å². The Morgan fingerprint density at radius 1 is 1.25 bits per heavy atom. The summed E-state index contributed by atoms with van der Waals surface area (Å²) in [6.45, 7) is 6.35. The Kier molecular flexibility index (Phi) is 10.8. The van der Waals surface area contributed by atoms with Crippen molar-refractivity contribution >= 4 is 12.1 Å². The minimum absolute atomic E-state index is 0.0265. The largest absolute Gasteiger partial charge is 0.481 e. The van der Waals surface area contributed by atoms with Gasteiger partial charge in [-0.05, 0) is 39.0 Å². The monoisotopic (exact) mass is 287 g/mol. The van der Waals surface area contributed by atoms with Crippen molar-refractivity contribution in [2.45, 2.75) is 71.8 Å². The Hall–Kier alpha value is -1.26. The Bertz CT molecular complexity index is 273. The Morgan fingerprint density at radius 3 is 2.25 bits per heavy atom. The number of ether oxygens (including phenoxy) is 1. The standard InChI is InChI=1S/C11H21NO2.C4H8O2/c1-9(2)14-11(13)12-8-10-6-4-3-5-7-10;1-2-3-4(5)6/h9-10H,3-8H2,1-2H3,(H,12,13);2-3H2,1H3,(H,5,6). The summed E-state index contributed by atoms with van der Waals surface area (Å²) in [4.78, 5) is 20.8. The van der Waals surface area contributed by atoms with Gasteiger partial charge in [0.25, 0.3) is 0 Å². The smallest absolute Gasteiger partial charge is 0.407 e. The van der Waals surface area contributed by atoms with E-state index in [1.165, 1.54) is 32.1 Å². The van der Waals surface area contributed by atoms with Crippen molar-refractivity contribution < 1.29 is 19.4 Å². The molecule has 1 saturated carbocycles. The second-order valence-corrected chi connectivity index (χ2v) is 5.48. The van der Waals surface area contributed by atoms with Crippen molar-refractivity contribution in [1.82, 2.24) is 5.32 Å². The summed E-state index contributed by atoms with van der Waals surface area (Å²) < 4.78 is 4.99. The van der Waals surface area contributed by atoms with Crippen molar-refractivity contribution in [3.63, 3.8) is 0 Å². The highest BCUT2D eigenvalue weighted by atomic mass is 16.6. The zero-order valence-corrected chi connectivity index (χ0v) is 13.0. The number of hydrogen-bond acceptors (Lipinski definition) is 3. The predicted molar refractivity (Wildman–Crippen MR) is 78.7 cm³/mol. The molecule has 1 amide bonds. The average molecular weight is 287 g/mol. The normalized spacial score (nSPS) is 15.2. The molecule has 0 saturated heterocycles. The molecule has 1 fully saturated rings. The molecule has 0 atom stereocenters. The molecule has 118 valence electrons. The maximum atomic E-state index is 11.2. The van der Waals surface area contributed by atoms with Crippen molar-refractivity contribution in [2.24, 2.45) is 5.92 Å². The molecule has 0 spiro atoms. The summed E-state index contributed by atoms with van der Waals surface area (Å²) in [5.41, 5.74) is 0. The molecule has 2 N–H and O–H groups in total. The highest BCUT2D eigenvalue weighted by Crippen LogP contribution is 2.22. The van der Waals surface area contributed by atoms with E-state index in [0.29, 0.717) is 12.3 Å². The van der Waals surface area contributed by atoms with Crippen LogP contribution in [0.2, 0.25) is 0 Å². The van der Waals surface area contributed by atoms with Crippen LogP contribution in [0.25, 0.3) is 0 Å². The van der Waals surface area contributed by atoms with Gasteiger partial charge in [-0.15, -0.1) is 0 Å². The first-order chi connectivity index (χ1) is 9.45. The lowest BCUT2D eigenvalue weighted by atomic mass is 9.89. The van der Waals surface area contributed by atoms with E-state index < -0.39 is 5.97 Å². The summed E-state index contributed by atoms with van der Waals surface area (Å²) >= 11 is 0. The molecular formula is C15H29NO4. The third kappa shape index (κ3) is 11.8. The van der Waals surface area contributed by atoms with Gasteiger partial charge in [-0.3, -0.25) is 4.79 Å². The van der Waals surface area contributed by atoms with E-state index >= 15 is 0 Å². The van der Waals surface area contributed by atoms with Crippen LogP contribution in [-0.2, 0) is 9.53 Å². The van der Waals surface area contributed by atoms with Gasteiger partial charge in [-0.2, -0.15) is 0 Å². The van der Waals surface area contributed by atoms with E-state index in [1.807, 2.05) is 20.8 Å². The number of amides is 1.